The number of aromatic nitrogens is 2. The van der Waals surface area contributed by atoms with Crippen molar-refractivity contribution in [1.29, 1.82) is 0 Å². The molecule has 1 aliphatic carbocycles. The van der Waals surface area contributed by atoms with Crippen LogP contribution < -0.4 is 0 Å². The molecule has 0 fully saturated rings. The number of para-hydroxylation sites is 1. The van der Waals surface area contributed by atoms with Crippen LogP contribution in [0.2, 0.25) is 0 Å². The molecule has 1 N–H and O–H groups in total. The summed E-state index contributed by atoms with van der Waals surface area (Å²) in [4.78, 5) is 25.4. The zero-order valence-corrected chi connectivity index (χ0v) is 15.1. The largest absolute Gasteiger partial charge is 0.480 e. The van der Waals surface area contributed by atoms with Gasteiger partial charge in [0.05, 0.1) is 0 Å². The molecule has 0 atom stereocenters. The van der Waals surface area contributed by atoms with Crippen molar-refractivity contribution in [1.82, 2.24) is 14.7 Å². The Morgan fingerprint density at radius 1 is 1.35 bits per heavy atom. The van der Waals surface area contributed by atoms with E-state index in [1.54, 1.807) is 32.9 Å². The lowest BCUT2D eigenvalue weighted by atomic mass is 10.1. The first-order valence-corrected chi connectivity index (χ1v) is 8.70. The molecule has 0 saturated heterocycles. The maximum absolute atomic E-state index is 14.4. The Labute approximate surface area is 151 Å². The van der Waals surface area contributed by atoms with Crippen LogP contribution >= 0.6 is 0 Å². The second kappa shape index (κ2) is 6.90. The third-order valence-electron chi connectivity index (χ3n) is 4.72. The number of carboxylic acids is 1. The molecule has 26 heavy (non-hydrogen) atoms. The first-order valence-electron chi connectivity index (χ1n) is 8.70. The molecule has 1 aliphatic rings. The standard InChI is InChI=1S/C19H22FN3O3/c1-11(2)22(10-16(24)25)19(26)17-13-7-5-9-15(13)23(21-17)18-12(3)6-4-8-14(18)20/h4,6,8,11H,5,7,9-10H2,1-3H3,(H,24,25). The van der Waals surface area contributed by atoms with Gasteiger partial charge in [0.2, 0.25) is 0 Å². The summed E-state index contributed by atoms with van der Waals surface area (Å²) in [6.45, 7) is 4.93. The fourth-order valence-corrected chi connectivity index (χ4v) is 3.46. The highest BCUT2D eigenvalue weighted by Gasteiger charge is 2.32. The molecule has 0 unspecified atom stereocenters. The lowest BCUT2D eigenvalue weighted by molar-refractivity contribution is -0.138. The number of rotatable bonds is 5. The summed E-state index contributed by atoms with van der Waals surface area (Å²) in [5, 5.41) is 13.5. The van der Waals surface area contributed by atoms with Crippen molar-refractivity contribution in [2.24, 2.45) is 0 Å². The van der Waals surface area contributed by atoms with Gasteiger partial charge in [-0.3, -0.25) is 9.59 Å². The summed E-state index contributed by atoms with van der Waals surface area (Å²) < 4.78 is 16.0. The summed E-state index contributed by atoms with van der Waals surface area (Å²) in [6.07, 6.45) is 2.26. The molecular weight excluding hydrogens is 337 g/mol. The Bertz CT molecular complexity index is 853. The molecule has 1 aromatic carbocycles. The molecule has 1 aromatic heterocycles. The van der Waals surface area contributed by atoms with Crippen LogP contribution in [0.3, 0.4) is 0 Å². The van der Waals surface area contributed by atoms with Crippen LogP contribution in [-0.2, 0) is 17.6 Å². The van der Waals surface area contributed by atoms with Gasteiger partial charge in [-0.2, -0.15) is 5.10 Å². The van der Waals surface area contributed by atoms with Gasteiger partial charge < -0.3 is 10.0 Å². The van der Waals surface area contributed by atoms with Crippen molar-refractivity contribution >= 4 is 11.9 Å². The van der Waals surface area contributed by atoms with Crippen molar-refractivity contribution in [3.8, 4) is 5.69 Å². The van der Waals surface area contributed by atoms with E-state index in [0.717, 1.165) is 23.2 Å². The van der Waals surface area contributed by atoms with Gasteiger partial charge in [-0.05, 0) is 51.7 Å². The zero-order chi connectivity index (χ0) is 19.0. The summed E-state index contributed by atoms with van der Waals surface area (Å²) in [5.74, 6) is -1.89. The number of carbonyl (C=O) groups excluding carboxylic acids is 1. The SMILES string of the molecule is Cc1cccc(F)c1-n1nc(C(=O)N(CC(=O)O)C(C)C)c2c1CCC2. The van der Waals surface area contributed by atoms with Crippen LogP contribution in [0.1, 0.15) is 47.6 Å². The van der Waals surface area contributed by atoms with Gasteiger partial charge in [0.1, 0.15) is 18.0 Å². The number of hydrogen-bond acceptors (Lipinski definition) is 3. The minimum atomic E-state index is -1.08. The van der Waals surface area contributed by atoms with E-state index in [1.807, 2.05) is 0 Å². The highest BCUT2D eigenvalue weighted by atomic mass is 19.1. The van der Waals surface area contributed by atoms with Crippen LogP contribution in [0.5, 0.6) is 0 Å². The molecule has 2 aromatic rings. The Balaban J connectivity index is 2.11. The maximum atomic E-state index is 14.4. The second-order valence-corrected chi connectivity index (χ2v) is 6.87. The number of aliphatic carboxylic acids is 1. The fourth-order valence-electron chi connectivity index (χ4n) is 3.46. The van der Waals surface area contributed by atoms with Gasteiger partial charge in [0.25, 0.3) is 5.91 Å². The van der Waals surface area contributed by atoms with E-state index in [9.17, 15) is 14.0 Å². The Morgan fingerprint density at radius 2 is 2.08 bits per heavy atom. The third-order valence-corrected chi connectivity index (χ3v) is 4.72. The van der Waals surface area contributed by atoms with Crippen LogP contribution in [0.4, 0.5) is 4.39 Å². The number of aryl methyl sites for hydroxylation is 1. The van der Waals surface area contributed by atoms with Gasteiger partial charge in [-0.15, -0.1) is 0 Å². The minimum Gasteiger partial charge on any atom is -0.480 e. The van der Waals surface area contributed by atoms with Crippen LogP contribution in [0.15, 0.2) is 18.2 Å². The monoisotopic (exact) mass is 359 g/mol. The Kier molecular flexibility index (Phi) is 4.80. The molecule has 0 aliphatic heterocycles. The molecule has 1 amide bonds. The van der Waals surface area contributed by atoms with Crippen LogP contribution in [0.25, 0.3) is 5.69 Å². The number of benzene rings is 1. The average Bonchev–Trinajstić information content (AvgIpc) is 3.15. The Hall–Kier alpha value is -2.70. The third kappa shape index (κ3) is 3.09. The molecule has 6 nitrogen and oxygen atoms in total. The highest BCUT2D eigenvalue weighted by molar-refractivity contribution is 5.96. The molecular formula is C19H22FN3O3. The Morgan fingerprint density at radius 3 is 2.69 bits per heavy atom. The fraction of sp³-hybridized carbons (Fsp3) is 0.421. The smallest absolute Gasteiger partial charge is 0.323 e. The maximum Gasteiger partial charge on any atom is 0.323 e. The normalized spacial score (nSPS) is 13.1. The first-order chi connectivity index (χ1) is 12.3. The quantitative estimate of drug-likeness (QED) is 0.891. The van der Waals surface area contributed by atoms with Crippen molar-refractivity contribution < 1.29 is 19.1 Å². The van der Waals surface area contributed by atoms with E-state index in [4.69, 9.17) is 5.11 Å². The van der Waals surface area contributed by atoms with Crippen molar-refractivity contribution in [3.05, 3.63) is 46.5 Å². The summed E-state index contributed by atoms with van der Waals surface area (Å²) in [5.41, 5.74) is 2.94. The van der Waals surface area contributed by atoms with Crippen LogP contribution in [-0.4, -0.2) is 44.3 Å². The summed E-state index contributed by atoms with van der Waals surface area (Å²) >= 11 is 0. The zero-order valence-electron chi connectivity index (χ0n) is 15.1. The number of amides is 1. The number of hydrogen-bond donors (Lipinski definition) is 1. The van der Waals surface area contributed by atoms with Crippen LogP contribution in [0, 0.1) is 12.7 Å². The van der Waals surface area contributed by atoms with E-state index < -0.39 is 24.2 Å². The van der Waals surface area contributed by atoms with Gasteiger partial charge in [-0.25, -0.2) is 9.07 Å². The molecule has 7 heteroatoms. The van der Waals surface area contributed by atoms with E-state index >= 15 is 0 Å². The van der Waals surface area contributed by atoms with E-state index in [1.165, 1.54) is 15.6 Å². The highest BCUT2D eigenvalue weighted by Crippen LogP contribution is 2.30. The lowest BCUT2D eigenvalue weighted by Crippen LogP contribution is -2.41. The molecule has 1 heterocycles. The molecule has 0 spiro atoms. The van der Waals surface area contributed by atoms with Crippen molar-refractivity contribution in [3.63, 3.8) is 0 Å². The first kappa shape index (κ1) is 18.1. The molecule has 138 valence electrons. The minimum absolute atomic E-state index is 0.232. The number of fused-ring (bicyclic) bond motifs is 1. The van der Waals surface area contributed by atoms with Gasteiger partial charge in [-0.1, -0.05) is 12.1 Å². The molecule has 3 rings (SSSR count). The predicted octanol–water partition coefficient (Wildman–Crippen LogP) is 2.74. The molecule has 0 radical (unpaired) electrons. The summed E-state index contributed by atoms with van der Waals surface area (Å²) in [6, 6.07) is 4.53. The van der Waals surface area contributed by atoms with Gasteiger partial charge >= 0.3 is 5.97 Å². The van der Waals surface area contributed by atoms with Crippen molar-refractivity contribution in [2.75, 3.05) is 6.54 Å². The summed E-state index contributed by atoms with van der Waals surface area (Å²) in [7, 11) is 0. The van der Waals surface area contributed by atoms with E-state index in [-0.39, 0.29) is 11.7 Å². The van der Waals surface area contributed by atoms with Gasteiger partial charge in [0.15, 0.2) is 5.69 Å². The van der Waals surface area contributed by atoms with E-state index in [2.05, 4.69) is 5.10 Å². The van der Waals surface area contributed by atoms with Gasteiger partial charge in [0, 0.05) is 17.3 Å². The second-order valence-electron chi connectivity index (χ2n) is 6.87. The molecule has 0 saturated carbocycles. The molecule has 0 bridgehead atoms. The van der Waals surface area contributed by atoms with Crippen molar-refractivity contribution in [2.45, 2.75) is 46.1 Å². The van der Waals surface area contributed by atoms with E-state index in [0.29, 0.717) is 18.5 Å². The average molecular weight is 359 g/mol. The number of carbonyl (C=O) groups is 2. The number of carboxylic acid groups (broad SMARTS) is 1. The number of halogens is 1. The lowest BCUT2D eigenvalue weighted by Gasteiger charge is -2.24. The number of nitrogens with zero attached hydrogens (tertiary/aromatic N) is 3. The predicted molar refractivity (Wildman–Crippen MR) is 94.1 cm³/mol. The topological polar surface area (TPSA) is 75.4 Å².